The van der Waals surface area contributed by atoms with Gasteiger partial charge in [0.2, 0.25) is 0 Å². The molecule has 2 aliphatic carbocycles. The van der Waals surface area contributed by atoms with E-state index in [2.05, 4.69) is 78.9 Å². The second-order valence-electron chi connectivity index (χ2n) is 12.3. The van der Waals surface area contributed by atoms with Crippen molar-refractivity contribution < 1.29 is 0 Å². The standard InChI is InChI=1S/C42H31N3/c1-3-13-29(14-4-1)39-43-40(30-15-5-2-6-16-30)45-41(44-39)31-23-21-28(22-24-31)37-33-18-8-7-17-32(33)27-36-38(37)34-19-9-10-20-35(34)42(36)25-11-12-26-42/h1-10,13-24,27H,11-12,25-26H2. The van der Waals surface area contributed by atoms with E-state index in [-0.39, 0.29) is 5.41 Å². The lowest BCUT2D eigenvalue weighted by molar-refractivity contribution is 0.550. The van der Waals surface area contributed by atoms with Gasteiger partial charge in [0.1, 0.15) is 0 Å². The summed E-state index contributed by atoms with van der Waals surface area (Å²) in [6, 6.07) is 49.7. The molecule has 1 heterocycles. The van der Waals surface area contributed by atoms with Crippen LogP contribution in [0.5, 0.6) is 0 Å². The van der Waals surface area contributed by atoms with Crippen molar-refractivity contribution in [1.29, 1.82) is 0 Å². The number of fused-ring (bicyclic) bond motifs is 6. The fraction of sp³-hybridized carbons (Fsp3) is 0.119. The highest BCUT2D eigenvalue weighted by Gasteiger charge is 2.46. The van der Waals surface area contributed by atoms with Crippen LogP contribution in [0.15, 0.2) is 140 Å². The molecular formula is C42H31N3. The van der Waals surface area contributed by atoms with Crippen LogP contribution in [0, 0.1) is 0 Å². The van der Waals surface area contributed by atoms with Crippen LogP contribution in [0.1, 0.15) is 36.8 Å². The number of hydrogen-bond acceptors (Lipinski definition) is 3. The molecule has 214 valence electrons. The second kappa shape index (κ2) is 10.3. The summed E-state index contributed by atoms with van der Waals surface area (Å²) in [7, 11) is 0. The van der Waals surface area contributed by atoms with Crippen molar-refractivity contribution in [3.05, 3.63) is 151 Å². The van der Waals surface area contributed by atoms with Crippen LogP contribution in [-0.4, -0.2) is 15.0 Å². The van der Waals surface area contributed by atoms with E-state index in [1.807, 2.05) is 60.7 Å². The molecule has 0 unspecified atom stereocenters. The van der Waals surface area contributed by atoms with Gasteiger partial charge in [-0.05, 0) is 63.1 Å². The van der Waals surface area contributed by atoms with Gasteiger partial charge in [0.15, 0.2) is 17.5 Å². The summed E-state index contributed by atoms with van der Waals surface area (Å²) in [4.78, 5) is 14.8. The maximum atomic E-state index is 4.97. The molecule has 1 spiro atoms. The van der Waals surface area contributed by atoms with Crippen LogP contribution in [0.25, 0.3) is 67.2 Å². The smallest absolute Gasteiger partial charge is 0.164 e. The second-order valence-corrected chi connectivity index (χ2v) is 12.3. The summed E-state index contributed by atoms with van der Waals surface area (Å²) in [6.45, 7) is 0. The molecule has 0 bridgehead atoms. The van der Waals surface area contributed by atoms with Gasteiger partial charge in [0, 0.05) is 22.1 Å². The Morgan fingerprint density at radius 2 is 0.933 bits per heavy atom. The van der Waals surface area contributed by atoms with E-state index in [0.717, 1.165) is 16.7 Å². The first-order valence-corrected chi connectivity index (χ1v) is 15.9. The van der Waals surface area contributed by atoms with E-state index in [9.17, 15) is 0 Å². The number of aromatic nitrogens is 3. The van der Waals surface area contributed by atoms with Gasteiger partial charge >= 0.3 is 0 Å². The molecule has 0 aliphatic heterocycles. The highest BCUT2D eigenvalue weighted by Crippen LogP contribution is 2.60. The zero-order valence-corrected chi connectivity index (χ0v) is 24.9. The Labute approximate surface area is 263 Å². The van der Waals surface area contributed by atoms with Crippen molar-refractivity contribution in [2.24, 2.45) is 0 Å². The normalized spacial score (nSPS) is 14.5. The first-order valence-electron chi connectivity index (χ1n) is 15.9. The van der Waals surface area contributed by atoms with Crippen LogP contribution in [0.2, 0.25) is 0 Å². The average Bonchev–Trinajstić information content (AvgIpc) is 3.72. The fourth-order valence-corrected chi connectivity index (χ4v) is 7.81. The lowest BCUT2D eigenvalue weighted by Gasteiger charge is -2.27. The van der Waals surface area contributed by atoms with E-state index in [4.69, 9.17) is 15.0 Å². The third-order valence-electron chi connectivity index (χ3n) is 9.87. The maximum Gasteiger partial charge on any atom is 0.164 e. The van der Waals surface area contributed by atoms with Crippen LogP contribution in [0.3, 0.4) is 0 Å². The Morgan fingerprint density at radius 3 is 1.58 bits per heavy atom. The molecule has 9 rings (SSSR count). The molecule has 0 radical (unpaired) electrons. The van der Waals surface area contributed by atoms with Crippen molar-refractivity contribution in [1.82, 2.24) is 15.0 Å². The number of nitrogens with zero attached hydrogens (tertiary/aromatic N) is 3. The number of hydrogen-bond donors (Lipinski definition) is 0. The van der Waals surface area contributed by atoms with Gasteiger partial charge in [-0.3, -0.25) is 0 Å². The van der Waals surface area contributed by atoms with Gasteiger partial charge in [-0.15, -0.1) is 0 Å². The molecular weight excluding hydrogens is 546 g/mol. The predicted octanol–water partition coefficient (Wildman–Crippen LogP) is 10.5. The van der Waals surface area contributed by atoms with E-state index >= 15 is 0 Å². The Hall–Kier alpha value is -5.41. The third kappa shape index (κ3) is 4.15. The summed E-state index contributed by atoms with van der Waals surface area (Å²) in [5, 5.41) is 2.61. The molecule has 0 N–H and O–H groups in total. The van der Waals surface area contributed by atoms with Crippen molar-refractivity contribution in [2.75, 3.05) is 0 Å². The van der Waals surface area contributed by atoms with Crippen molar-refractivity contribution in [3.63, 3.8) is 0 Å². The Bertz CT molecular complexity index is 2140. The molecule has 0 saturated heterocycles. The molecule has 1 saturated carbocycles. The SMILES string of the molecule is c1ccc(-c2nc(-c3ccccc3)nc(-c3ccc(-c4c5c(cc6ccccc46)C4(CCCC4)c4ccccc4-5)cc3)n2)cc1. The van der Waals surface area contributed by atoms with Crippen LogP contribution >= 0.6 is 0 Å². The zero-order chi connectivity index (χ0) is 29.8. The lowest BCUT2D eigenvalue weighted by atomic mass is 9.75. The van der Waals surface area contributed by atoms with Crippen LogP contribution in [0.4, 0.5) is 0 Å². The topological polar surface area (TPSA) is 38.7 Å². The van der Waals surface area contributed by atoms with Gasteiger partial charge in [-0.1, -0.05) is 146 Å². The van der Waals surface area contributed by atoms with Gasteiger partial charge in [0.05, 0.1) is 0 Å². The average molecular weight is 578 g/mol. The lowest BCUT2D eigenvalue weighted by Crippen LogP contribution is -2.20. The molecule has 7 aromatic rings. The zero-order valence-electron chi connectivity index (χ0n) is 24.9. The van der Waals surface area contributed by atoms with Gasteiger partial charge in [-0.25, -0.2) is 15.0 Å². The molecule has 45 heavy (non-hydrogen) atoms. The summed E-state index contributed by atoms with van der Waals surface area (Å²) < 4.78 is 0. The highest BCUT2D eigenvalue weighted by molar-refractivity contribution is 6.08. The Balaban J connectivity index is 1.22. The monoisotopic (exact) mass is 577 g/mol. The summed E-state index contributed by atoms with van der Waals surface area (Å²) in [5.41, 5.74) is 11.4. The minimum Gasteiger partial charge on any atom is -0.208 e. The quantitative estimate of drug-likeness (QED) is 0.209. The van der Waals surface area contributed by atoms with E-state index in [0.29, 0.717) is 17.5 Å². The predicted molar refractivity (Wildman–Crippen MR) is 184 cm³/mol. The van der Waals surface area contributed by atoms with Gasteiger partial charge in [-0.2, -0.15) is 0 Å². The maximum absolute atomic E-state index is 4.97. The summed E-state index contributed by atoms with van der Waals surface area (Å²) in [5.74, 6) is 2.02. The molecule has 1 fully saturated rings. The molecule has 1 aromatic heterocycles. The van der Waals surface area contributed by atoms with Gasteiger partial charge < -0.3 is 0 Å². The molecule has 0 amide bonds. The van der Waals surface area contributed by atoms with E-state index in [1.165, 1.54) is 69.8 Å². The molecule has 6 aromatic carbocycles. The Morgan fingerprint density at radius 1 is 0.422 bits per heavy atom. The van der Waals surface area contributed by atoms with Crippen molar-refractivity contribution in [2.45, 2.75) is 31.1 Å². The molecule has 3 heteroatoms. The first-order chi connectivity index (χ1) is 22.3. The molecule has 3 nitrogen and oxygen atoms in total. The van der Waals surface area contributed by atoms with Crippen LogP contribution in [-0.2, 0) is 5.41 Å². The minimum atomic E-state index is 0.122. The van der Waals surface area contributed by atoms with Crippen LogP contribution < -0.4 is 0 Å². The van der Waals surface area contributed by atoms with E-state index < -0.39 is 0 Å². The highest BCUT2D eigenvalue weighted by atomic mass is 15.0. The summed E-state index contributed by atoms with van der Waals surface area (Å²) in [6.07, 6.45) is 5.01. The number of rotatable bonds is 4. The number of benzene rings is 6. The fourth-order valence-electron chi connectivity index (χ4n) is 7.81. The van der Waals surface area contributed by atoms with Crippen molar-refractivity contribution >= 4 is 10.8 Å². The summed E-state index contributed by atoms with van der Waals surface area (Å²) >= 11 is 0. The Kier molecular flexibility index (Phi) is 5.99. The minimum absolute atomic E-state index is 0.122. The van der Waals surface area contributed by atoms with E-state index in [1.54, 1.807) is 0 Å². The third-order valence-corrected chi connectivity index (χ3v) is 9.87. The van der Waals surface area contributed by atoms with Gasteiger partial charge in [0.25, 0.3) is 0 Å². The molecule has 0 atom stereocenters. The largest absolute Gasteiger partial charge is 0.208 e. The first kappa shape index (κ1) is 26.0. The molecule has 2 aliphatic rings. The van der Waals surface area contributed by atoms with Crippen molar-refractivity contribution in [3.8, 4) is 56.4 Å².